The topological polar surface area (TPSA) is 46.3 Å². The van der Waals surface area contributed by atoms with Gasteiger partial charge in [-0.3, -0.25) is 4.79 Å². The SMILES string of the molecule is NC(=S)CN(C(=O)C1CC1)C1CCCC1. The Balaban J connectivity index is 2.00. The average molecular weight is 226 g/mol. The Labute approximate surface area is 96.0 Å². The van der Waals surface area contributed by atoms with Crippen LogP contribution in [0.2, 0.25) is 0 Å². The highest BCUT2D eigenvalue weighted by molar-refractivity contribution is 7.80. The second-order valence-electron chi connectivity index (χ2n) is 4.65. The van der Waals surface area contributed by atoms with Crippen molar-refractivity contribution in [1.29, 1.82) is 0 Å². The first-order valence-electron chi connectivity index (χ1n) is 5.77. The van der Waals surface area contributed by atoms with Crippen molar-refractivity contribution in [1.82, 2.24) is 4.90 Å². The molecule has 0 heterocycles. The lowest BCUT2D eigenvalue weighted by atomic mass is 10.2. The van der Waals surface area contributed by atoms with Crippen molar-refractivity contribution in [3.8, 4) is 0 Å². The van der Waals surface area contributed by atoms with Crippen molar-refractivity contribution >= 4 is 23.1 Å². The minimum Gasteiger partial charge on any atom is -0.392 e. The smallest absolute Gasteiger partial charge is 0.226 e. The molecule has 2 rings (SSSR count). The first-order chi connectivity index (χ1) is 7.18. The number of rotatable bonds is 4. The molecule has 2 saturated carbocycles. The molecule has 84 valence electrons. The summed E-state index contributed by atoms with van der Waals surface area (Å²) < 4.78 is 0. The van der Waals surface area contributed by atoms with Gasteiger partial charge in [-0.15, -0.1) is 0 Å². The fraction of sp³-hybridized carbons (Fsp3) is 0.818. The van der Waals surface area contributed by atoms with E-state index in [1.165, 1.54) is 12.8 Å². The third-order valence-electron chi connectivity index (χ3n) is 3.30. The molecule has 2 N–H and O–H groups in total. The molecular weight excluding hydrogens is 208 g/mol. The van der Waals surface area contributed by atoms with Crippen LogP contribution in [0.3, 0.4) is 0 Å². The fourth-order valence-electron chi connectivity index (χ4n) is 2.34. The highest BCUT2D eigenvalue weighted by atomic mass is 32.1. The molecule has 2 fully saturated rings. The molecule has 0 radical (unpaired) electrons. The Morgan fingerprint density at radius 3 is 2.33 bits per heavy atom. The number of carbonyl (C=O) groups is 1. The van der Waals surface area contributed by atoms with Crippen LogP contribution in [0.4, 0.5) is 0 Å². The molecule has 2 aliphatic rings. The summed E-state index contributed by atoms with van der Waals surface area (Å²) in [4.78, 5) is 14.4. The molecule has 0 saturated heterocycles. The second kappa shape index (κ2) is 4.47. The number of thiocarbonyl (C=S) groups is 1. The van der Waals surface area contributed by atoms with Gasteiger partial charge in [-0.1, -0.05) is 25.1 Å². The molecule has 0 aliphatic heterocycles. The number of nitrogens with two attached hydrogens (primary N) is 1. The van der Waals surface area contributed by atoms with Crippen LogP contribution in [0.1, 0.15) is 38.5 Å². The molecule has 0 unspecified atom stereocenters. The molecule has 3 nitrogen and oxygen atoms in total. The number of carbonyl (C=O) groups excluding carboxylic acids is 1. The van der Waals surface area contributed by atoms with Crippen LogP contribution in [0.25, 0.3) is 0 Å². The number of amides is 1. The highest BCUT2D eigenvalue weighted by Crippen LogP contribution is 2.34. The summed E-state index contributed by atoms with van der Waals surface area (Å²) >= 11 is 4.92. The normalized spacial score (nSPS) is 21.6. The van der Waals surface area contributed by atoms with E-state index in [9.17, 15) is 4.79 Å². The van der Waals surface area contributed by atoms with Crippen molar-refractivity contribution in [2.45, 2.75) is 44.6 Å². The lowest BCUT2D eigenvalue weighted by molar-refractivity contribution is -0.133. The highest BCUT2D eigenvalue weighted by Gasteiger charge is 2.37. The summed E-state index contributed by atoms with van der Waals surface area (Å²) in [6, 6.07) is 0.402. The maximum absolute atomic E-state index is 12.0. The van der Waals surface area contributed by atoms with Crippen molar-refractivity contribution in [2.75, 3.05) is 6.54 Å². The van der Waals surface area contributed by atoms with Gasteiger partial charge in [-0.25, -0.2) is 0 Å². The summed E-state index contributed by atoms with van der Waals surface area (Å²) in [6.45, 7) is 0.481. The van der Waals surface area contributed by atoms with E-state index in [0.29, 0.717) is 17.6 Å². The van der Waals surface area contributed by atoms with E-state index in [0.717, 1.165) is 25.7 Å². The minimum absolute atomic E-state index is 0.278. The van der Waals surface area contributed by atoms with E-state index in [-0.39, 0.29) is 11.8 Å². The van der Waals surface area contributed by atoms with Gasteiger partial charge in [-0.05, 0) is 25.7 Å². The summed E-state index contributed by atoms with van der Waals surface area (Å²) in [5.41, 5.74) is 5.56. The van der Waals surface area contributed by atoms with Crippen molar-refractivity contribution in [3.05, 3.63) is 0 Å². The maximum Gasteiger partial charge on any atom is 0.226 e. The Hall–Kier alpha value is -0.640. The first kappa shape index (κ1) is 10.9. The largest absolute Gasteiger partial charge is 0.392 e. The molecule has 0 atom stereocenters. The maximum atomic E-state index is 12.0. The van der Waals surface area contributed by atoms with Crippen LogP contribution in [-0.2, 0) is 4.79 Å². The number of hydrogen-bond donors (Lipinski definition) is 1. The van der Waals surface area contributed by atoms with Crippen molar-refractivity contribution in [2.24, 2.45) is 11.7 Å². The Bertz CT molecular complexity index is 270. The summed E-state index contributed by atoms with van der Waals surface area (Å²) in [5, 5.41) is 0. The Morgan fingerprint density at radius 2 is 1.87 bits per heavy atom. The lowest BCUT2D eigenvalue weighted by Crippen LogP contribution is -2.44. The van der Waals surface area contributed by atoms with Crippen LogP contribution in [0.5, 0.6) is 0 Å². The minimum atomic E-state index is 0.278. The van der Waals surface area contributed by atoms with Gasteiger partial charge in [0, 0.05) is 12.0 Å². The third-order valence-corrected chi connectivity index (χ3v) is 3.43. The quantitative estimate of drug-likeness (QED) is 0.738. The zero-order chi connectivity index (χ0) is 10.8. The van der Waals surface area contributed by atoms with Crippen LogP contribution in [-0.4, -0.2) is 28.4 Å². The Kier molecular flexibility index (Phi) is 3.24. The van der Waals surface area contributed by atoms with Gasteiger partial charge < -0.3 is 10.6 Å². The third kappa shape index (κ3) is 2.68. The predicted octanol–water partition coefficient (Wildman–Crippen LogP) is 1.45. The molecule has 0 bridgehead atoms. The molecule has 1 amide bonds. The predicted molar refractivity (Wildman–Crippen MR) is 63.5 cm³/mol. The monoisotopic (exact) mass is 226 g/mol. The van der Waals surface area contributed by atoms with Gasteiger partial charge in [-0.2, -0.15) is 0 Å². The van der Waals surface area contributed by atoms with Gasteiger partial charge >= 0.3 is 0 Å². The summed E-state index contributed by atoms with van der Waals surface area (Å²) in [6.07, 6.45) is 6.83. The van der Waals surface area contributed by atoms with Gasteiger partial charge in [0.05, 0.1) is 11.5 Å². The standard InChI is InChI=1S/C11H18N2OS/c12-10(15)7-13(9-3-1-2-4-9)11(14)8-5-6-8/h8-9H,1-7H2,(H2,12,15). The van der Waals surface area contributed by atoms with Gasteiger partial charge in [0.25, 0.3) is 0 Å². The Morgan fingerprint density at radius 1 is 1.27 bits per heavy atom. The molecule has 0 aromatic rings. The zero-order valence-corrected chi connectivity index (χ0v) is 9.76. The molecular formula is C11H18N2OS. The van der Waals surface area contributed by atoms with E-state index < -0.39 is 0 Å². The first-order valence-corrected chi connectivity index (χ1v) is 6.18. The second-order valence-corrected chi connectivity index (χ2v) is 5.17. The number of hydrogen-bond acceptors (Lipinski definition) is 2. The molecule has 0 aromatic heterocycles. The molecule has 15 heavy (non-hydrogen) atoms. The number of nitrogens with zero attached hydrogens (tertiary/aromatic N) is 1. The van der Waals surface area contributed by atoms with Crippen LogP contribution in [0.15, 0.2) is 0 Å². The molecule has 0 aromatic carbocycles. The molecule has 4 heteroatoms. The summed E-state index contributed by atoms with van der Waals surface area (Å²) in [5.74, 6) is 0.564. The van der Waals surface area contributed by atoms with Crippen LogP contribution >= 0.6 is 12.2 Å². The molecule has 0 spiro atoms. The fourth-order valence-corrected chi connectivity index (χ4v) is 2.47. The van der Waals surface area contributed by atoms with E-state index in [1.54, 1.807) is 0 Å². The van der Waals surface area contributed by atoms with Crippen molar-refractivity contribution in [3.63, 3.8) is 0 Å². The van der Waals surface area contributed by atoms with E-state index in [4.69, 9.17) is 18.0 Å². The summed E-state index contributed by atoms with van der Waals surface area (Å²) in [7, 11) is 0. The van der Waals surface area contributed by atoms with Crippen molar-refractivity contribution < 1.29 is 4.79 Å². The van der Waals surface area contributed by atoms with E-state index >= 15 is 0 Å². The zero-order valence-electron chi connectivity index (χ0n) is 8.95. The van der Waals surface area contributed by atoms with E-state index in [2.05, 4.69) is 0 Å². The average Bonchev–Trinajstić information content (AvgIpc) is 2.90. The van der Waals surface area contributed by atoms with Gasteiger partial charge in [0.15, 0.2) is 0 Å². The van der Waals surface area contributed by atoms with Crippen LogP contribution in [0, 0.1) is 5.92 Å². The molecule has 2 aliphatic carbocycles. The lowest BCUT2D eigenvalue weighted by Gasteiger charge is -2.28. The van der Waals surface area contributed by atoms with Gasteiger partial charge in [0.2, 0.25) is 5.91 Å². The van der Waals surface area contributed by atoms with Crippen LogP contribution < -0.4 is 5.73 Å². The van der Waals surface area contributed by atoms with E-state index in [1.807, 2.05) is 4.90 Å². The van der Waals surface area contributed by atoms with Gasteiger partial charge in [0.1, 0.15) is 0 Å².